The number of ether oxygens (including phenoxy) is 2. The first-order valence-electron chi connectivity index (χ1n) is 15.1. The Hall–Kier alpha value is -1.32. The van der Waals surface area contributed by atoms with E-state index in [1.807, 2.05) is 0 Å². The van der Waals surface area contributed by atoms with Crippen molar-refractivity contribution in [3.05, 3.63) is 12.2 Å². The highest BCUT2D eigenvalue weighted by molar-refractivity contribution is 5.78. The van der Waals surface area contributed by atoms with E-state index in [1.165, 1.54) is 31.3 Å². The summed E-state index contributed by atoms with van der Waals surface area (Å²) in [6, 6.07) is 0. The summed E-state index contributed by atoms with van der Waals surface area (Å²) in [5.41, 5.74) is 1.63. The first-order valence-corrected chi connectivity index (χ1v) is 15.1. The third-order valence-corrected chi connectivity index (χ3v) is 13.9. The third kappa shape index (κ3) is 3.45. The Labute approximate surface area is 225 Å². The van der Waals surface area contributed by atoms with Crippen molar-refractivity contribution in [3.63, 3.8) is 0 Å². The van der Waals surface area contributed by atoms with Gasteiger partial charge in [-0.05, 0) is 117 Å². The van der Waals surface area contributed by atoms with E-state index in [4.69, 9.17) is 9.47 Å². The van der Waals surface area contributed by atoms with Crippen molar-refractivity contribution < 1.29 is 19.1 Å². The highest BCUT2D eigenvalue weighted by Crippen LogP contribution is 2.77. The van der Waals surface area contributed by atoms with Gasteiger partial charge in [0.25, 0.3) is 0 Å². The van der Waals surface area contributed by atoms with Gasteiger partial charge in [-0.25, -0.2) is 0 Å². The van der Waals surface area contributed by atoms with Gasteiger partial charge < -0.3 is 9.47 Å². The summed E-state index contributed by atoms with van der Waals surface area (Å²) < 4.78 is 11.4. The van der Waals surface area contributed by atoms with Crippen LogP contribution in [0.2, 0.25) is 0 Å². The molecule has 0 bridgehead atoms. The summed E-state index contributed by atoms with van der Waals surface area (Å²) in [5, 5.41) is 0. The molecule has 0 radical (unpaired) electrons. The molecule has 37 heavy (non-hydrogen) atoms. The van der Waals surface area contributed by atoms with Gasteiger partial charge in [-0.2, -0.15) is 0 Å². The molecule has 4 heteroatoms. The van der Waals surface area contributed by atoms with Crippen LogP contribution < -0.4 is 0 Å². The molecule has 0 spiro atoms. The maximum atomic E-state index is 13.4. The average molecular weight is 513 g/mol. The fraction of sp³-hybridized carbons (Fsp3) is 0.879. The highest BCUT2D eigenvalue weighted by atomic mass is 16.5. The summed E-state index contributed by atoms with van der Waals surface area (Å²) in [5.74, 6) is 2.43. The van der Waals surface area contributed by atoms with Gasteiger partial charge in [-0.15, -0.1) is 0 Å². The van der Waals surface area contributed by atoms with Crippen LogP contribution in [0.5, 0.6) is 0 Å². The molecule has 208 valence electrons. The first kappa shape index (κ1) is 27.3. The third-order valence-electron chi connectivity index (χ3n) is 13.9. The SMILES string of the molecule is C=C(C)C1CC[C@]2(C(=O)OC)CC[C@]3(C)C(CCC4[C@@]5(C)CC[C@H](OC(C)=O)C(C)(C)C5CC[C@]43C)C12. The number of fused-ring (bicyclic) bond motifs is 7. The van der Waals surface area contributed by atoms with Crippen molar-refractivity contribution in [1.29, 1.82) is 0 Å². The number of hydrogen-bond acceptors (Lipinski definition) is 4. The van der Waals surface area contributed by atoms with Crippen LogP contribution >= 0.6 is 0 Å². The maximum absolute atomic E-state index is 13.4. The second-order valence-corrected chi connectivity index (χ2v) is 15.3. The van der Waals surface area contributed by atoms with Gasteiger partial charge in [-0.1, -0.05) is 46.8 Å². The van der Waals surface area contributed by atoms with Crippen molar-refractivity contribution in [3.8, 4) is 0 Å². The first-order chi connectivity index (χ1) is 17.2. The van der Waals surface area contributed by atoms with Crippen molar-refractivity contribution in [1.82, 2.24) is 0 Å². The van der Waals surface area contributed by atoms with Crippen LogP contribution in [0.1, 0.15) is 113 Å². The summed E-state index contributed by atoms with van der Waals surface area (Å²) in [7, 11) is 1.59. The molecule has 5 fully saturated rings. The molecular weight excluding hydrogens is 460 g/mol. The number of carbonyl (C=O) groups is 2. The largest absolute Gasteiger partial charge is 0.469 e. The molecule has 5 unspecified atom stereocenters. The maximum Gasteiger partial charge on any atom is 0.312 e. The molecule has 10 atom stereocenters. The van der Waals surface area contributed by atoms with Crippen LogP contribution in [0.3, 0.4) is 0 Å². The molecule has 0 aromatic rings. The van der Waals surface area contributed by atoms with Crippen LogP contribution in [-0.4, -0.2) is 25.2 Å². The number of allylic oxidation sites excluding steroid dienone is 1. The fourth-order valence-electron chi connectivity index (χ4n) is 12.1. The minimum atomic E-state index is -0.322. The number of esters is 2. The molecule has 0 amide bonds. The van der Waals surface area contributed by atoms with E-state index >= 15 is 0 Å². The van der Waals surface area contributed by atoms with Crippen molar-refractivity contribution in [2.24, 2.45) is 56.7 Å². The molecule has 0 aromatic carbocycles. The smallest absolute Gasteiger partial charge is 0.312 e. The quantitative estimate of drug-likeness (QED) is 0.286. The van der Waals surface area contributed by atoms with E-state index < -0.39 is 0 Å². The Morgan fingerprint density at radius 3 is 2.11 bits per heavy atom. The van der Waals surface area contributed by atoms with Crippen LogP contribution in [0, 0.1) is 56.7 Å². The van der Waals surface area contributed by atoms with Crippen molar-refractivity contribution in [2.45, 2.75) is 119 Å². The van der Waals surface area contributed by atoms with Crippen LogP contribution in [0.15, 0.2) is 12.2 Å². The Balaban J connectivity index is 1.52. The molecule has 0 saturated heterocycles. The second-order valence-electron chi connectivity index (χ2n) is 15.3. The Kier molecular flexibility index (Phi) is 6.33. The van der Waals surface area contributed by atoms with E-state index in [2.05, 4.69) is 48.1 Å². The molecule has 0 aromatic heterocycles. The zero-order chi connectivity index (χ0) is 27.2. The Morgan fingerprint density at radius 2 is 1.49 bits per heavy atom. The van der Waals surface area contributed by atoms with E-state index in [1.54, 1.807) is 14.0 Å². The minimum absolute atomic E-state index is 0.0130. The molecule has 0 aliphatic heterocycles. The van der Waals surface area contributed by atoms with E-state index in [-0.39, 0.29) is 45.1 Å². The predicted octanol–water partition coefficient (Wildman–Crippen LogP) is 7.75. The summed E-state index contributed by atoms with van der Waals surface area (Å²) >= 11 is 0. The van der Waals surface area contributed by atoms with Gasteiger partial charge in [-0.3, -0.25) is 9.59 Å². The van der Waals surface area contributed by atoms with Gasteiger partial charge in [0.05, 0.1) is 12.5 Å². The topological polar surface area (TPSA) is 52.6 Å². The summed E-state index contributed by atoms with van der Waals surface area (Å²) in [6.45, 7) is 20.7. The average Bonchev–Trinajstić information content (AvgIpc) is 3.22. The predicted molar refractivity (Wildman–Crippen MR) is 147 cm³/mol. The summed E-state index contributed by atoms with van der Waals surface area (Å²) in [6.07, 6.45) is 11.1. The number of carbonyl (C=O) groups excluding carboxylic acids is 2. The van der Waals surface area contributed by atoms with E-state index in [9.17, 15) is 9.59 Å². The molecule has 5 rings (SSSR count). The van der Waals surface area contributed by atoms with E-state index in [0.717, 1.165) is 38.5 Å². The number of hydrogen-bond donors (Lipinski definition) is 0. The van der Waals surface area contributed by atoms with E-state index in [0.29, 0.717) is 29.6 Å². The standard InChI is InChI=1S/C33H52O4/c1-20(2)22-12-17-33(28(35)36-9)19-18-31(7)23(27(22)33)10-11-25-30(6)15-14-26(37-21(3)34)29(4,5)24(30)13-16-32(25,31)8/h22-27H,1,10-19H2,2-9H3/t22?,23?,24?,25?,26-,27?,30-,31+,32+,33-/m0/s1. The fourth-order valence-corrected chi connectivity index (χ4v) is 12.1. The molecule has 0 N–H and O–H groups in total. The summed E-state index contributed by atoms with van der Waals surface area (Å²) in [4.78, 5) is 25.3. The molecule has 5 saturated carbocycles. The Morgan fingerprint density at radius 1 is 0.784 bits per heavy atom. The lowest BCUT2D eigenvalue weighted by Crippen LogP contribution is -2.67. The lowest BCUT2D eigenvalue weighted by Gasteiger charge is -2.72. The van der Waals surface area contributed by atoms with Gasteiger partial charge in [0.15, 0.2) is 0 Å². The molecule has 5 aliphatic carbocycles. The lowest BCUT2D eigenvalue weighted by atomic mass is 9.32. The monoisotopic (exact) mass is 512 g/mol. The molecular formula is C33H52O4. The normalized spacial score (nSPS) is 50.1. The lowest BCUT2D eigenvalue weighted by molar-refractivity contribution is -0.250. The molecule has 4 nitrogen and oxygen atoms in total. The van der Waals surface area contributed by atoms with Crippen molar-refractivity contribution in [2.75, 3.05) is 7.11 Å². The number of methoxy groups -OCH3 is 1. The van der Waals surface area contributed by atoms with Crippen molar-refractivity contribution >= 4 is 11.9 Å². The number of rotatable bonds is 3. The van der Waals surface area contributed by atoms with Crippen LogP contribution in [0.4, 0.5) is 0 Å². The minimum Gasteiger partial charge on any atom is -0.469 e. The van der Waals surface area contributed by atoms with Gasteiger partial charge >= 0.3 is 11.9 Å². The molecule has 0 heterocycles. The molecule has 5 aliphatic rings. The zero-order valence-electron chi connectivity index (χ0n) is 24.9. The van der Waals surface area contributed by atoms with Gasteiger partial charge in [0, 0.05) is 12.3 Å². The Bertz CT molecular complexity index is 983. The van der Waals surface area contributed by atoms with Gasteiger partial charge in [0.2, 0.25) is 0 Å². The highest BCUT2D eigenvalue weighted by Gasteiger charge is 2.72. The van der Waals surface area contributed by atoms with Crippen LogP contribution in [-0.2, 0) is 19.1 Å². The van der Waals surface area contributed by atoms with Gasteiger partial charge in [0.1, 0.15) is 6.10 Å². The zero-order valence-corrected chi connectivity index (χ0v) is 24.9. The second kappa shape index (κ2) is 8.59. The van der Waals surface area contributed by atoms with Crippen LogP contribution in [0.25, 0.3) is 0 Å².